The molecule has 5 heteroatoms. The first-order valence-corrected chi connectivity index (χ1v) is 6.31. The van der Waals surface area contributed by atoms with Crippen molar-refractivity contribution >= 4 is 11.7 Å². The highest BCUT2D eigenvalue weighted by atomic mass is 16.7. The molecule has 1 heterocycles. The second-order valence-electron chi connectivity index (χ2n) is 4.32. The smallest absolute Gasteiger partial charge is 0.306 e. The number of carbonyl (C=O) groups excluding carboxylic acids is 1. The van der Waals surface area contributed by atoms with Gasteiger partial charge in [0.2, 0.25) is 0 Å². The van der Waals surface area contributed by atoms with Crippen molar-refractivity contribution in [1.29, 1.82) is 0 Å². The number of nitrogens with zero attached hydrogens (tertiary/aromatic N) is 1. The number of hydrogen-bond donors (Lipinski definition) is 2. The number of likely N-dealkylation sites (tertiary alicyclic amines) is 1. The number of urea groups is 1. The molecule has 2 N–H and O–H groups in total. The molecule has 1 aromatic rings. The highest BCUT2D eigenvalue weighted by Crippen LogP contribution is 2.06. The third-order valence-corrected chi connectivity index (χ3v) is 2.90. The maximum absolute atomic E-state index is 11.4. The van der Waals surface area contributed by atoms with E-state index in [0.717, 1.165) is 25.3 Å². The predicted molar refractivity (Wildman–Crippen MR) is 70.2 cm³/mol. The molecule has 0 unspecified atom stereocenters. The van der Waals surface area contributed by atoms with E-state index in [1.807, 2.05) is 30.3 Å². The average molecular weight is 249 g/mol. The summed E-state index contributed by atoms with van der Waals surface area (Å²) in [4.78, 5) is 18.9. The number of amides is 2. The number of hydrogen-bond acceptors (Lipinski definition) is 3. The zero-order chi connectivity index (χ0) is 12.6. The molecule has 1 aliphatic rings. The maximum atomic E-state index is 11.4. The van der Waals surface area contributed by atoms with Crippen molar-refractivity contribution in [3.8, 4) is 0 Å². The molecular formula is C13H19N3O2. The standard InChI is InChI=1S/C13H19N3O2/c17-13(14-12-6-2-1-3-7-12)15-18-11-10-16-8-4-5-9-16/h1-3,6-7H,4-5,8-11H2,(H2,14,15,17). The quantitative estimate of drug-likeness (QED) is 0.618. The molecule has 2 amide bonds. The lowest BCUT2D eigenvalue weighted by Crippen LogP contribution is -2.32. The summed E-state index contributed by atoms with van der Waals surface area (Å²) in [6.07, 6.45) is 2.53. The zero-order valence-corrected chi connectivity index (χ0v) is 10.4. The van der Waals surface area contributed by atoms with E-state index < -0.39 is 0 Å². The van der Waals surface area contributed by atoms with Gasteiger partial charge in [0.15, 0.2) is 0 Å². The van der Waals surface area contributed by atoms with Gasteiger partial charge < -0.3 is 10.2 Å². The third-order valence-electron chi connectivity index (χ3n) is 2.90. The first kappa shape index (κ1) is 12.9. The lowest BCUT2D eigenvalue weighted by atomic mass is 10.3. The van der Waals surface area contributed by atoms with E-state index in [1.165, 1.54) is 12.8 Å². The number of benzene rings is 1. The molecule has 18 heavy (non-hydrogen) atoms. The fourth-order valence-electron chi connectivity index (χ4n) is 1.98. The maximum Gasteiger partial charge on any atom is 0.343 e. The second-order valence-corrected chi connectivity index (χ2v) is 4.32. The monoisotopic (exact) mass is 249 g/mol. The Balaban J connectivity index is 1.57. The van der Waals surface area contributed by atoms with Crippen LogP contribution < -0.4 is 10.8 Å². The molecule has 0 saturated carbocycles. The highest BCUT2D eigenvalue weighted by Gasteiger charge is 2.10. The van der Waals surface area contributed by atoms with Crippen LogP contribution in [0.2, 0.25) is 0 Å². The molecular weight excluding hydrogens is 230 g/mol. The van der Waals surface area contributed by atoms with E-state index in [1.54, 1.807) is 0 Å². The Hall–Kier alpha value is -1.59. The molecule has 1 fully saturated rings. The zero-order valence-electron chi connectivity index (χ0n) is 10.4. The minimum absolute atomic E-state index is 0.345. The Morgan fingerprint density at radius 2 is 1.94 bits per heavy atom. The summed E-state index contributed by atoms with van der Waals surface area (Å²) in [5.41, 5.74) is 3.13. The van der Waals surface area contributed by atoms with Gasteiger partial charge in [-0.15, -0.1) is 0 Å². The Kier molecular flexibility index (Phi) is 4.99. The number of para-hydroxylation sites is 1. The number of hydroxylamine groups is 1. The van der Waals surface area contributed by atoms with Crippen LogP contribution in [0.25, 0.3) is 0 Å². The summed E-state index contributed by atoms with van der Waals surface area (Å²) in [5, 5.41) is 2.68. The molecule has 0 spiro atoms. The first-order chi connectivity index (χ1) is 8.84. The molecule has 0 atom stereocenters. The summed E-state index contributed by atoms with van der Waals surface area (Å²) >= 11 is 0. The van der Waals surface area contributed by atoms with Gasteiger partial charge in [-0.2, -0.15) is 0 Å². The van der Waals surface area contributed by atoms with Crippen molar-refractivity contribution in [3.05, 3.63) is 30.3 Å². The van der Waals surface area contributed by atoms with Gasteiger partial charge in [0.05, 0.1) is 6.61 Å². The molecule has 1 saturated heterocycles. The van der Waals surface area contributed by atoms with Gasteiger partial charge in [0.1, 0.15) is 0 Å². The topological polar surface area (TPSA) is 53.6 Å². The summed E-state index contributed by atoms with van der Waals surface area (Å²) in [5.74, 6) is 0. The number of rotatable bonds is 5. The van der Waals surface area contributed by atoms with Gasteiger partial charge in [0.25, 0.3) is 0 Å². The van der Waals surface area contributed by atoms with Crippen LogP contribution in [0.5, 0.6) is 0 Å². The molecule has 1 aliphatic heterocycles. The Morgan fingerprint density at radius 1 is 1.22 bits per heavy atom. The van der Waals surface area contributed by atoms with Crippen LogP contribution in [0.3, 0.4) is 0 Å². The van der Waals surface area contributed by atoms with Gasteiger partial charge >= 0.3 is 6.03 Å². The molecule has 0 aromatic heterocycles. The SMILES string of the molecule is O=C(NOCCN1CCCC1)Nc1ccccc1. The van der Waals surface area contributed by atoms with Crippen molar-refractivity contribution in [1.82, 2.24) is 10.4 Å². The summed E-state index contributed by atoms with van der Waals surface area (Å²) in [6, 6.07) is 8.93. The summed E-state index contributed by atoms with van der Waals surface area (Å²) in [7, 11) is 0. The van der Waals surface area contributed by atoms with Crippen LogP contribution in [0.15, 0.2) is 30.3 Å². The van der Waals surface area contributed by atoms with Crippen LogP contribution in [-0.2, 0) is 4.84 Å². The molecule has 0 aliphatic carbocycles. The number of nitrogens with one attached hydrogen (secondary N) is 2. The van der Waals surface area contributed by atoms with Crippen molar-refractivity contribution < 1.29 is 9.63 Å². The van der Waals surface area contributed by atoms with Crippen molar-refractivity contribution in [2.75, 3.05) is 31.6 Å². The van der Waals surface area contributed by atoms with Crippen LogP contribution in [-0.4, -0.2) is 37.2 Å². The average Bonchev–Trinajstić information content (AvgIpc) is 2.89. The predicted octanol–water partition coefficient (Wildman–Crippen LogP) is 1.84. The normalized spacial score (nSPS) is 15.6. The van der Waals surface area contributed by atoms with Gasteiger partial charge in [-0.3, -0.25) is 4.84 Å². The fraction of sp³-hybridized carbons (Fsp3) is 0.462. The van der Waals surface area contributed by atoms with E-state index in [2.05, 4.69) is 15.7 Å². The Labute approximate surface area is 107 Å². The molecule has 1 aromatic carbocycles. The van der Waals surface area contributed by atoms with E-state index in [4.69, 9.17) is 4.84 Å². The Morgan fingerprint density at radius 3 is 2.67 bits per heavy atom. The lowest BCUT2D eigenvalue weighted by molar-refractivity contribution is 0.0526. The summed E-state index contributed by atoms with van der Waals surface area (Å²) in [6.45, 7) is 3.66. The molecule has 2 rings (SSSR count). The minimum atomic E-state index is -0.345. The van der Waals surface area contributed by atoms with Gasteiger partial charge in [-0.25, -0.2) is 10.3 Å². The first-order valence-electron chi connectivity index (χ1n) is 6.31. The largest absolute Gasteiger partial charge is 0.343 e. The van der Waals surface area contributed by atoms with Gasteiger partial charge in [-0.1, -0.05) is 18.2 Å². The molecule has 0 radical (unpaired) electrons. The second kappa shape index (κ2) is 6.98. The van der Waals surface area contributed by atoms with E-state index >= 15 is 0 Å². The van der Waals surface area contributed by atoms with Crippen LogP contribution in [0, 0.1) is 0 Å². The number of anilines is 1. The van der Waals surface area contributed by atoms with Crippen LogP contribution in [0.4, 0.5) is 10.5 Å². The Bertz CT molecular complexity index is 364. The summed E-state index contributed by atoms with van der Waals surface area (Å²) < 4.78 is 0. The molecule has 98 valence electrons. The van der Waals surface area contributed by atoms with E-state index in [0.29, 0.717) is 6.61 Å². The van der Waals surface area contributed by atoms with Crippen molar-refractivity contribution in [2.45, 2.75) is 12.8 Å². The molecule has 5 nitrogen and oxygen atoms in total. The van der Waals surface area contributed by atoms with Crippen LogP contribution >= 0.6 is 0 Å². The van der Waals surface area contributed by atoms with Gasteiger partial charge in [-0.05, 0) is 38.1 Å². The van der Waals surface area contributed by atoms with Crippen molar-refractivity contribution in [2.24, 2.45) is 0 Å². The van der Waals surface area contributed by atoms with Crippen molar-refractivity contribution in [3.63, 3.8) is 0 Å². The minimum Gasteiger partial charge on any atom is -0.306 e. The number of carbonyl (C=O) groups is 1. The fourth-order valence-corrected chi connectivity index (χ4v) is 1.98. The lowest BCUT2D eigenvalue weighted by Gasteiger charge is -2.14. The molecule has 0 bridgehead atoms. The third kappa shape index (κ3) is 4.35. The van der Waals surface area contributed by atoms with E-state index in [-0.39, 0.29) is 6.03 Å². The van der Waals surface area contributed by atoms with E-state index in [9.17, 15) is 4.79 Å². The highest BCUT2D eigenvalue weighted by molar-refractivity contribution is 5.88. The van der Waals surface area contributed by atoms with Gasteiger partial charge in [0, 0.05) is 12.2 Å². The van der Waals surface area contributed by atoms with Crippen LogP contribution in [0.1, 0.15) is 12.8 Å².